The van der Waals surface area contributed by atoms with Crippen LogP contribution in [-0.4, -0.2) is 76.2 Å². The summed E-state index contributed by atoms with van der Waals surface area (Å²) in [6.07, 6.45) is 4.38. The highest BCUT2D eigenvalue weighted by Gasteiger charge is 2.28. The first-order chi connectivity index (χ1) is 22.0. The highest BCUT2D eigenvalue weighted by atomic mass is 32.2. The quantitative estimate of drug-likeness (QED) is 0.259. The molecule has 1 aliphatic heterocycles. The second-order valence-corrected chi connectivity index (χ2v) is 13.6. The van der Waals surface area contributed by atoms with Crippen LogP contribution in [0.2, 0.25) is 0 Å². The van der Waals surface area contributed by atoms with Crippen molar-refractivity contribution in [2.45, 2.75) is 30.3 Å². The zero-order valence-corrected chi connectivity index (χ0v) is 26.9. The minimum absolute atomic E-state index is 0.0361. The van der Waals surface area contributed by atoms with E-state index in [-0.39, 0.29) is 22.1 Å². The smallest absolute Gasteiger partial charge is 0.254 e. The first-order valence-corrected chi connectivity index (χ1v) is 16.9. The van der Waals surface area contributed by atoms with Gasteiger partial charge >= 0.3 is 0 Å². The molecule has 2 heterocycles. The van der Waals surface area contributed by atoms with Crippen LogP contribution in [0.3, 0.4) is 0 Å². The number of pyridine rings is 1. The molecule has 1 saturated heterocycles. The molecule has 1 aromatic heterocycles. The number of nitrogens with zero attached hydrogens (tertiary/aromatic N) is 3. The molecule has 0 radical (unpaired) electrons. The van der Waals surface area contributed by atoms with Crippen molar-refractivity contribution in [2.75, 3.05) is 44.9 Å². The Morgan fingerprint density at radius 1 is 0.935 bits per heavy atom. The number of hydrogen-bond acceptors (Lipinski definition) is 7. The maximum absolute atomic E-state index is 14.2. The second kappa shape index (κ2) is 14.1. The largest absolute Gasteiger partial charge is 0.474 e. The summed E-state index contributed by atoms with van der Waals surface area (Å²) in [5.41, 5.74) is 3.98. The third-order valence-corrected chi connectivity index (χ3v) is 9.11. The lowest BCUT2D eigenvalue weighted by Crippen LogP contribution is -2.42. The molecule has 1 N–H and O–H groups in total. The fraction of sp³-hybridized carbons (Fsp3) is 0.286. The molecule has 0 saturated carbocycles. The van der Waals surface area contributed by atoms with Crippen molar-refractivity contribution in [3.8, 4) is 17.0 Å². The van der Waals surface area contributed by atoms with Crippen molar-refractivity contribution in [1.29, 1.82) is 0 Å². The number of nitrogens with one attached hydrogen (secondary N) is 1. The number of ether oxygens (including phenoxy) is 1. The van der Waals surface area contributed by atoms with Crippen molar-refractivity contribution >= 4 is 27.3 Å². The molecule has 240 valence electrons. The van der Waals surface area contributed by atoms with E-state index in [0.717, 1.165) is 28.4 Å². The fourth-order valence-corrected chi connectivity index (χ4v) is 5.93. The monoisotopic (exact) mass is 644 g/mol. The molecular formula is C35H37FN4O5S. The van der Waals surface area contributed by atoms with Gasteiger partial charge in [-0.25, -0.2) is 17.8 Å². The molecule has 4 aromatic rings. The maximum atomic E-state index is 14.2. The van der Waals surface area contributed by atoms with E-state index < -0.39 is 27.5 Å². The normalized spacial score (nSPS) is 13.7. The Bertz CT molecular complexity index is 1790. The molecule has 5 rings (SSSR count). The van der Waals surface area contributed by atoms with Crippen LogP contribution < -0.4 is 15.0 Å². The minimum Gasteiger partial charge on any atom is -0.474 e. The van der Waals surface area contributed by atoms with Crippen LogP contribution in [-0.2, 0) is 16.3 Å². The van der Waals surface area contributed by atoms with Crippen LogP contribution in [0.5, 0.6) is 5.88 Å². The van der Waals surface area contributed by atoms with Gasteiger partial charge in [-0.15, -0.1) is 0 Å². The number of piperidine rings is 1. The molecule has 0 bridgehead atoms. The fourth-order valence-electron chi connectivity index (χ4n) is 5.30. The molecule has 1 aliphatic rings. The van der Waals surface area contributed by atoms with Crippen LogP contribution in [0.25, 0.3) is 11.1 Å². The molecule has 0 atom stereocenters. The molecule has 0 aliphatic carbocycles. The SMILES string of the molecule is CN(C)c1ccc(CCNC(=O)c2ccc(F)cc2C(=O)N2CCC(Oc3ccc(-c4ccc(S(C)(=O)=O)cc4)cn3)CC2)cc1. The average Bonchev–Trinajstić information content (AvgIpc) is 3.05. The zero-order valence-electron chi connectivity index (χ0n) is 26.1. The zero-order chi connectivity index (χ0) is 32.8. The highest BCUT2D eigenvalue weighted by molar-refractivity contribution is 7.90. The lowest BCUT2D eigenvalue weighted by Gasteiger charge is -2.32. The third kappa shape index (κ3) is 8.08. The lowest BCUT2D eigenvalue weighted by atomic mass is 10.0. The van der Waals surface area contributed by atoms with Crippen molar-refractivity contribution in [3.63, 3.8) is 0 Å². The number of anilines is 1. The van der Waals surface area contributed by atoms with Gasteiger partial charge in [0.2, 0.25) is 5.88 Å². The topological polar surface area (TPSA) is 109 Å². The van der Waals surface area contributed by atoms with Gasteiger partial charge in [0.15, 0.2) is 9.84 Å². The molecule has 46 heavy (non-hydrogen) atoms. The predicted octanol–water partition coefficient (Wildman–Crippen LogP) is 5.01. The Balaban J connectivity index is 1.14. The van der Waals surface area contributed by atoms with Crippen LogP contribution in [0, 0.1) is 5.82 Å². The van der Waals surface area contributed by atoms with E-state index in [1.807, 2.05) is 49.3 Å². The van der Waals surface area contributed by atoms with E-state index >= 15 is 0 Å². The number of likely N-dealkylation sites (tertiary alicyclic amines) is 1. The van der Waals surface area contributed by atoms with Crippen LogP contribution in [0.15, 0.2) is 90.0 Å². The summed E-state index contributed by atoms with van der Waals surface area (Å²) in [6, 6.07) is 21.9. The standard InChI is InChI=1S/C35H37FN4O5S/c1-39(2)28-10-4-24(5-11-28)16-19-37-34(41)31-14-9-27(36)22-32(31)35(42)40-20-17-29(18-21-40)45-33-15-8-26(23-38-33)25-6-12-30(13-7-25)46(3,43)44/h4-15,22-23,29H,16-21H2,1-3H3,(H,37,41). The summed E-state index contributed by atoms with van der Waals surface area (Å²) in [5, 5.41) is 2.87. The summed E-state index contributed by atoms with van der Waals surface area (Å²) in [5.74, 6) is -0.960. The minimum atomic E-state index is -3.27. The van der Waals surface area contributed by atoms with Gasteiger partial charge in [-0.3, -0.25) is 9.59 Å². The number of halogens is 1. The van der Waals surface area contributed by atoms with E-state index in [9.17, 15) is 22.4 Å². The van der Waals surface area contributed by atoms with Gasteiger partial charge in [-0.05, 0) is 66.1 Å². The van der Waals surface area contributed by atoms with Gasteiger partial charge in [0, 0.05) is 76.3 Å². The van der Waals surface area contributed by atoms with E-state index in [1.54, 1.807) is 41.4 Å². The van der Waals surface area contributed by atoms with Crippen LogP contribution >= 0.6 is 0 Å². The molecule has 11 heteroatoms. The number of carbonyl (C=O) groups excluding carboxylic acids is 2. The Hall–Kier alpha value is -4.77. The summed E-state index contributed by atoms with van der Waals surface area (Å²) >= 11 is 0. The van der Waals surface area contributed by atoms with Crippen molar-refractivity contribution < 1.29 is 27.1 Å². The molecular weight excluding hydrogens is 607 g/mol. The lowest BCUT2D eigenvalue weighted by molar-refractivity contribution is 0.0584. The summed E-state index contributed by atoms with van der Waals surface area (Å²) in [6.45, 7) is 1.14. The second-order valence-electron chi connectivity index (χ2n) is 11.5. The molecule has 1 fully saturated rings. The number of amides is 2. The Morgan fingerprint density at radius 2 is 1.61 bits per heavy atom. The Morgan fingerprint density at radius 3 is 2.22 bits per heavy atom. The van der Waals surface area contributed by atoms with E-state index in [4.69, 9.17) is 4.74 Å². The van der Waals surface area contributed by atoms with Gasteiger partial charge < -0.3 is 19.9 Å². The van der Waals surface area contributed by atoms with Gasteiger partial charge in [-0.1, -0.05) is 24.3 Å². The van der Waals surface area contributed by atoms with E-state index in [2.05, 4.69) is 10.3 Å². The van der Waals surface area contributed by atoms with Gasteiger partial charge in [0.25, 0.3) is 11.8 Å². The number of hydrogen-bond donors (Lipinski definition) is 1. The highest BCUT2D eigenvalue weighted by Crippen LogP contribution is 2.25. The van der Waals surface area contributed by atoms with Crippen molar-refractivity contribution in [3.05, 3.63) is 108 Å². The Kier molecular flexibility index (Phi) is 10.0. The number of sulfone groups is 1. The third-order valence-electron chi connectivity index (χ3n) is 7.98. The summed E-state index contributed by atoms with van der Waals surface area (Å²) < 4.78 is 43.7. The predicted molar refractivity (Wildman–Crippen MR) is 176 cm³/mol. The molecule has 0 spiro atoms. The number of benzene rings is 3. The molecule has 0 unspecified atom stereocenters. The molecule has 9 nitrogen and oxygen atoms in total. The first-order valence-electron chi connectivity index (χ1n) is 15.0. The summed E-state index contributed by atoms with van der Waals surface area (Å²) in [7, 11) is 0.674. The molecule has 3 aromatic carbocycles. The van der Waals surface area contributed by atoms with Crippen LogP contribution in [0.4, 0.5) is 10.1 Å². The first kappa shape index (κ1) is 32.6. The van der Waals surface area contributed by atoms with E-state index in [0.29, 0.717) is 44.8 Å². The van der Waals surface area contributed by atoms with Gasteiger partial charge in [0.05, 0.1) is 16.0 Å². The Labute approximate surface area is 268 Å². The average molecular weight is 645 g/mol. The number of aromatic nitrogens is 1. The molecule has 2 amide bonds. The van der Waals surface area contributed by atoms with Crippen LogP contribution in [0.1, 0.15) is 39.1 Å². The van der Waals surface area contributed by atoms with Crippen molar-refractivity contribution in [2.24, 2.45) is 0 Å². The van der Waals surface area contributed by atoms with Crippen molar-refractivity contribution in [1.82, 2.24) is 15.2 Å². The summed E-state index contributed by atoms with van der Waals surface area (Å²) in [4.78, 5) is 34.8. The van der Waals surface area contributed by atoms with Gasteiger partial charge in [-0.2, -0.15) is 0 Å². The van der Waals surface area contributed by atoms with E-state index in [1.165, 1.54) is 18.4 Å². The van der Waals surface area contributed by atoms with Gasteiger partial charge in [0.1, 0.15) is 11.9 Å². The maximum Gasteiger partial charge on any atom is 0.254 e. The number of carbonyl (C=O) groups is 2. The number of rotatable bonds is 10.